The number of ketones is 1. The molecule has 1 aromatic heterocycles. The molecule has 0 unspecified atom stereocenters. The number of aryl methyl sites for hydroxylation is 1. The second kappa shape index (κ2) is 5.04. The van der Waals surface area contributed by atoms with Gasteiger partial charge in [-0.05, 0) is 30.7 Å². The normalized spacial score (nSPS) is 10.4. The summed E-state index contributed by atoms with van der Waals surface area (Å²) in [7, 11) is 0. The highest BCUT2D eigenvalue weighted by Crippen LogP contribution is 2.12. The lowest BCUT2D eigenvalue weighted by Crippen LogP contribution is -2.08. The summed E-state index contributed by atoms with van der Waals surface area (Å²) in [5.41, 5.74) is 1.18. The van der Waals surface area contributed by atoms with E-state index in [0.717, 1.165) is 17.8 Å². The van der Waals surface area contributed by atoms with Crippen LogP contribution in [-0.4, -0.2) is 10.8 Å². The number of hydrogen-bond donors (Lipinski definition) is 0. The summed E-state index contributed by atoms with van der Waals surface area (Å²) >= 11 is 0. The number of nitrogens with zero attached hydrogens (tertiary/aromatic N) is 1. The molecule has 0 radical (unpaired) electrons. The lowest BCUT2D eigenvalue weighted by atomic mass is 10.1. The summed E-state index contributed by atoms with van der Waals surface area (Å²) in [6.45, 7) is 1.77. The SMILES string of the molecule is Cc1cccc(C(=O)Cc2ccc(F)cc2F)n1. The van der Waals surface area contributed by atoms with Crippen molar-refractivity contribution in [1.29, 1.82) is 0 Å². The molecule has 0 spiro atoms. The highest BCUT2D eigenvalue weighted by atomic mass is 19.1. The minimum atomic E-state index is -0.712. The molecule has 2 aromatic rings. The summed E-state index contributed by atoms with van der Waals surface area (Å²) in [6.07, 6.45) is -0.122. The van der Waals surface area contributed by atoms with Crippen molar-refractivity contribution in [3.8, 4) is 0 Å². The van der Waals surface area contributed by atoms with Gasteiger partial charge in [0.05, 0.1) is 0 Å². The fraction of sp³-hybridized carbons (Fsp3) is 0.143. The summed E-state index contributed by atoms with van der Waals surface area (Å²) in [5.74, 6) is -1.66. The molecule has 0 fully saturated rings. The minimum absolute atomic E-state index is 0.122. The Morgan fingerprint density at radius 3 is 2.67 bits per heavy atom. The van der Waals surface area contributed by atoms with Crippen LogP contribution in [-0.2, 0) is 6.42 Å². The Morgan fingerprint density at radius 1 is 1.22 bits per heavy atom. The monoisotopic (exact) mass is 247 g/mol. The number of Topliss-reactive ketones (excluding diaryl/α,β-unsaturated/α-hetero) is 1. The summed E-state index contributed by atoms with van der Waals surface area (Å²) in [5, 5.41) is 0. The van der Waals surface area contributed by atoms with E-state index >= 15 is 0 Å². The van der Waals surface area contributed by atoms with Gasteiger partial charge in [-0.2, -0.15) is 0 Å². The summed E-state index contributed by atoms with van der Waals surface area (Å²) in [6, 6.07) is 8.25. The largest absolute Gasteiger partial charge is 0.292 e. The van der Waals surface area contributed by atoms with Gasteiger partial charge in [0.25, 0.3) is 0 Å². The molecule has 0 saturated heterocycles. The van der Waals surface area contributed by atoms with Crippen molar-refractivity contribution in [2.45, 2.75) is 13.3 Å². The number of rotatable bonds is 3. The van der Waals surface area contributed by atoms with E-state index < -0.39 is 11.6 Å². The second-order valence-electron chi connectivity index (χ2n) is 4.00. The van der Waals surface area contributed by atoms with Crippen molar-refractivity contribution in [3.63, 3.8) is 0 Å². The highest BCUT2D eigenvalue weighted by Gasteiger charge is 2.12. The molecule has 92 valence electrons. The molecule has 1 aromatic carbocycles. The van der Waals surface area contributed by atoms with Gasteiger partial charge < -0.3 is 0 Å². The van der Waals surface area contributed by atoms with Crippen LogP contribution in [0.3, 0.4) is 0 Å². The Morgan fingerprint density at radius 2 is 2.00 bits per heavy atom. The molecule has 0 bridgehead atoms. The average molecular weight is 247 g/mol. The van der Waals surface area contributed by atoms with Gasteiger partial charge in [0, 0.05) is 18.2 Å². The third-order valence-corrected chi connectivity index (χ3v) is 2.54. The lowest BCUT2D eigenvalue weighted by Gasteiger charge is -2.03. The number of hydrogen-bond acceptors (Lipinski definition) is 2. The van der Waals surface area contributed by atoms with Gasteiger partial charge >= 0.3 is 0 Å². The predicted molar refractivity (Wildman–Crippen MR) is 63.4 cm³/mol. The Labute approximate surface area is 103 Å². The Hall–Kier alpha value is -2.10. The Bertz CT molecular complexity index is 596. The summed E-state index contributed by atoms with van der Waals surface area (Å²) < 4.78 is 26.1. The Kier molecular flexibility index (Phi) is 3.46. The van der Waals surface area contributed by atoms with Crippen LogP contribution >= 0.6 is 0 Å². The smallest absolute Gasteiger partial charge is 0.185 e. The fourth-order valence-electron chi connectivity index (χ4n) is 1.63. The molecule has 18 heavy (non-hydrogen) atoms. The maximum Gasteiger partial charge on any atom is 0.185 e. The maximum absolute atomic E-state index is 13.4. The van der Waals surface area contributed by atoms with Gasteiger partial charge in [0.15, 0.2) is 5.78 Å². The van der Waals surface area contributed by atoms with Gasteiger partial charge in [0.2, 0.25) is 0 Å². The van der Waals surface area contributed by atoms with E-state index in [1.54, 1.807) is 25.1 Å². The minimum Gasteiger partial charge on any atom is -0.292 e. The number of halogens is 2. The first kappa shape index (κ1) is 12.4. The molecule has 2 rings (SSSR count). The molecule has 2 nitrogen and oxygen atoms in total. The van der Waals surface area contributed by atoms with E-state index in [9.17, 15) is 13.6 Å². The van der Waals surface area contributed by atoms with Gasteiger partial charge in [-0.15, -0.1) is 0 Å². The van der Waals surface area contributed by atoms with Crippen LogP contribution in [0.5, 0.6) is 0 Å². The van der Waals surface area contributed by atoms with Crippen LogP contribution in [0.15, 0.2) is 36.4 Å². The first-order valence-electron chi connectivity index (χ1n) is 5.47. The van der Waals surface area contributed by atoms with E-state index in [2.05, 4.69) is 4.98 Å². The molecule has 0 aliphatic carbocycles. The van der Waals surface area contributed by atoms with Crippen LogP contribution in [0.1, 0.15) is 21.7 Å². The van der Waals surface area contributed by atoms with E-state index in [1.807, 2.05) is 0 Å². The van der Waals surface area contributed by atoms with Crippen LogP contribution in [0.4, 0.5) is 8.78 Å². The number of benzene rings is 1. The van der Waals surface area contributed by atoms with E-state index in [1.165, 1.54) is 6.07 Å². The van der Waals surface area contributed by atoms with Crippen molar-refractivity contribution in [1.82, 2.24) is 4.98 Å². The van der Waals surface area contributed by atoms with Crippen molar-refractivity contribution in [2.24, 2.45) is 0 Å². The average Bonchev–Trinajstić information content (AvgIpc) is 2.32. The van der Waals surface area contributed by atoms with E-state index in [4.69, 9.17) is 0 Å². The van der Waals surface area contributed by atoms with E-state index in [0.29, 0.717) is 5.69 Å². The van der Waals surface area contributed by atoms with Crippen molar-refractivity contribution >= 4 is 5.78 Å². The Balaban J connectivity index is 2.21. The number of pyridine rings is 1. The van der Waals surface area contributed by atoms with Crippen molar-refractivity contribution < 1.29 is 13.6 Å². The third kappa shape index (κ3) is 2.77. The first-order chi connectivity index (χ1) is 8.56. The second-order valence-corrected chi connectivity index (χ2v) is 4.00. The highest BCUT2D eigenvalue weighted by molar-refractivity contribution is 5.95. The summed E-state index contributed by atoms with van der Waals surface area (Å²) in [4.78, 5) is 16.0. The number of aromatic nitrogens is 1. The van der Waals surface area contributed by atoms with Gasteiger partial charge in [-0.1, -0.05) is 12.1 Å². The zero-order valence-electron chi connectivity index (χ0n) is 9.78. The molecule has 0 aliphatic heterocycles. The molecular weight excluding hydrogens is 236 g/mol. The molecule has 4 heteroatoms. The fourth-order valence-corrected chi connectivity index (χ4v) is 1.63. The third-order valence-electron chi connectivity index (χ3n) is 2.54. The van der Waals surface area contributed by atoms with Crippen LogP contribution in [0, 0.1) is 18.6 Å². The van der Waals surface area contributed by atoms with Crippen molar-refractivity contribution in [2.75, 3.05) is 0 Å². The van der Waals surface area contributed by atoms with Gasteiger partial charge in [0.1, 0.15) is 17.3 Å². The molecule has 0 aliphatic rings. The van der Waals surface area contributed by atoms with Crippen molar-refractivity contribution in [3.05, 3.63) is 65.0 Å². The maximum atomic E-state index is 13.4. The topological polar surface area (TPSA) is 30.0 Å². The predicted octanol–water partition coefficient (Wildman–Crippen LogP) is 3.09. The molecular formula is C14H11F2NO. The van der Waals surface area contributed by atoms with Crippen LogP contribution < -0.4 is 0 Å². The van der Waals surface area contributed by atoms with Crippen LogP contribution in [0.2, 0.25) is 0 Å². The molecule has 0 saturated carbocycles. The molecule has 1 heterocycles. The quantitative estimate of drug-likeness (QED) is 0.780. The van der Waals surface area contributed by atoms with Gasteiger partial charge in [-0.3, -0.25) is 9.78 Å². The number of carbonyl (C=O) groups excluding carboxylic acids is 1. The molecule has 0 amide bonds. The lowest BCUT2D eigenvalue weighted by molar-refractivity contribution is 0.0987. The molecule has 0 N–H and O–H groups in total. The van der Waals surface area contributed by atoms with Gasteiger partial charge in [-0.25, -0.2) is 8.78 Å². The standard InChI is InChI=1S/C14H11F2NO/c1-9-3-2-4-13(17-9)14(18)7-10-5-6-11(15)8-12(10)16/h2-6,8H,7H2,1H3. The zero-order chi connectivity index (χ0) is 13.1. The molecule has 0 atom stereocenters. The first-order valence-corrected chi connectivity index (χ1v) is 5.47. The van der Waals surface area contributed by atoms with E-state index in [-0.39, 0.29) is 17.8 Å². The van der Waals surface area contributed by atoms with Crippen LogP contribution in [0.25, 0.3) is 0 Å². The number of carbonyl (C=O) groups is 1. The zero-order valence-corrected chi connectivity index (χ0v) is 9.78.